The molecule has 0 aliphatic heterocycles. The number of rotatable bonds is 9. The van der Waals surface area contributed by atoms with Crippen LogP contribution >= 0.6 is 11.8 Å². The van der Waals surface area contributed by atoms with Crippen molar-refractivity contribution in [2.45, 2.75) is 37.2 Å². The Morgan fingerprint density at radius 3 is 2.56 bits per heavy atom. The van der Waals surface area contributed by atoms with Crippen molar-refractivity contribution in [2.24, 2.45) is 0 Å². The second kappa shape index (κ2) is 10.7. The SMILES string of the molecule is CCCn1c(SC(C)C(=O)Nc2ccc(C(=O)Nc3ccccc3OC)cc2)n[nH]c1=O. The van der Waals surface area contributed by atoms with Crippen LogP contribution in [0.15, 0.2) is 58.5 Å². The number of hydrogen-bond acceptors (Lipinski definition) is 6. The van der Waals surface area contributed by atoms with E-state index in [0.717, 1.165) is 6.42 Å². The minimum atomic E-state index is -0.477. The first-order valence-corrected chi connectivity index (χ1v) is 11.0. The summed E-state index contributed by atoms with van der Waals surface area (Å²) in [7, 11) is 1.54. The van der Waals surface area contributed by atoms with E-state index in [0.29, 0.717) is 34.4 Å². The summed E-state index contributed by atoms with van der Waals surface area (Å²) in [4.78, 5) is 36.9. The van der Waals surface area contributed by atoms with E-state index in [-0.39, 0.29) is 17.5 Å². The second-order valence-electron chi connectivity index (χ2n) is 6.94. The summed E-state index contributed by atoms with van der Waals surface area (Å²) in [5.74, 6) is 0.0425. The normalized spacial score (nSPS) is 11.6. The third kappa shape index (κ3) is 5.58. The van der Waals surface area contributed by atoms with E-state index in [1.54, 1.807) is 49.4 Å². The standard InChI is InChI=1S/C22H25N5O4S/c1-4-13-27-21(30)25-26-22(27)32-14(2)19(28)23-16-11-9-15(10-12-16)20(29)24-17-7-5-6-8-18(17)31-3/h5-12,14H,4,13H2,1-3H3,(H,23,28)(H,24,29)(H,25,30). The van der Waals surface area contributed by atoms with E-state index < -0.39 is 5.25 Å². The molecule has 2 amide bonds. The minimum Gasteiger partial charge on any atom is -0.495 e. The molecular formula is C22H25N5O4S. The zero-order chi connectivity index (χ0) is 23.1. The zero-order valence-corrected chi connectivity index (χ0v) is 18.9. The highest BCUT2D eigenvalue weighted by molar-refractivity contribution is 8.00. The third-order valence-corrected chi connectivity index (χ3v) is 5.68. The molecule has 0 saturated heterocycles. The number of ether oxygens (including phenoxy) is 1. The van der Waals surface area contributed by atoms with E-state index in [4.69, 9.17) is 4.74 Å². The molecule has 1 aromatic heterocycles. The van der Waals surface area contributed by atoms with Crippen LogP contribution in [-0.4, -0.2) is 38.9 Å². The Hall–Kier alpha value is -3.53. The molecule has 10 heteroatoms. The van der Waals surface area contributed by atoms with Gasteiger partial charge in [0.2, 0.25) is 5.91 Å². The maximum atomic E-state index is 12.6. The molecular weight excluding hydrogens is 430 g/mol. The van der Waals surface area contributed by atoms with Gasteiger partial charge in [-0.25, -0.2) is 9.89 Å². The molecule has 1 heterocycles. The Labute approximate surface area is 189 Å². The number of aromatic nitrogens is 3. The van der Waals surface area contributed by atoms with Gasteiger partial charge in [-0.3, -0.25) is 14.2 Å². The number of aromatic amines is 1. The van der Waals surface area contributed by atoms with Crippen molar-refractivity contribution < 1.29 is 14.3 Å². The molecule has 3 aromatic rings. The first-order chi connectivity index (χ1) is 15.4. The molecule has 3 N–H and O–H groups in total. The number of benzene rings is 2. The van der Waals surface area contributed by atoms with Crippen LogP contribution < -0.4 is 21.1 Å². The lowest BCUT2D eigenvalue weighted by molar-refractivity contribution is -0.115. The second-order valence-corrected chi connectivity index (χ2v) is 8.25. The van der Waals surface area contributed by atoms with Crippen LogP contribution in [0.2, 0.25) is 0 Å². The van der Waals surface area contributed by atoms with Crippen molar-refractivity contribution >= 4 is 35.0 Å². The lowest BCUT2D eigenvalue weighted by atomic mass is 10.2. The highest BCUT2D eigenvalue weighted by Crippen LogP contribution is 2.24. The molecule has 0 fully saturated rings. The zero-order valence-electron chi connectivity index (χ0n) is 18.0. The number of nitrogens with one attached hydrogen (secondary N) is 3. The van der Waals surface area contributed by atoms with Gasteiger partial charge in [-0.15, -0.1) is 5.10 Å². The number of nitrogens with zero attached hydrogens (tertiary/aromatic N) is 2. The van der Waals surface area contributed by atoms with Gasteiger partial charge < -0.3 is 15.4 Å². The number of carbonyl (C=O) groups is 2. The predicted molar refractivity (Wildman–Crippen MR) is 124 cm³/mol. The summed E-state index contributed by atoms with van der Waals surface area (Å²) >= 11 is 1.20. The molecule has 1 unspecified atom stereocenters. The number of carbonyl (C=O) groups excluding carboxylic acids is 2. The van der Waals surface area contributed by atoms with Crippen molar-refractivity contribution in [2.75, 3.05) is 17.7 Å². The van der Waals surface area contributed by atoms with Crippen LogP contribution in [0.3, 0.4) is 0 Å². The highest BCUT2D eigenvalue weighted by Gasteiger charge is 2.19. The van der Waals surface area contributed by atoms with Gasteiger partial charge in [-0.05, 0) is 49.7 Å². The lowest BCUT2D eigenvalue weighted by Crippen LogP contribution is -2.24. The topological polar surface area (TPSA) is 118 Å². The van der Waals surface area contributed by atoms with Gasteiger partial charge in [-0.2, -0.15) is 0 Å². The fraction of sp³-hybridized carbons (Fsp3) is 0.273. The molecule has 0 radical (unpaired) electrons. The predicted octanol–water partition coefficient (Wildman–Crippen LogP) is 3.36. The molecule has 9 nitrogen and oxygen atoms in total. The molecule has 0 bridgehead atoms. The van der Waals surface area contributed by atoms with Crippen molar-refractivity contribution in [3.05, 3.63) is 64.6 Å². The van der Waals surface area contributed by atoms with Crippen molar-refractivity contribution in [3.8, 4) is 5.75 Å². The van der Waals surface area contributed by atoms with E-state index >= 15 is 0 Å². The van der Waals surface area contributed by atoms with Gasteiger partial charge in [-0.1, -0.05) is 30.8 Å². The van der Waals surface area contributed by atoms with Gasteiger partial charge in [0.25, 0.3) is 5.91 Å². The Bertz CT molecular complexity index is 1140. The summed E-state index contributed by atoms with van der Waals surface area (Å²) < 4.78 is 6.76. The van der Waals surface area contributed by atoms with Crippen LogP contribution in [0.25, 0.3) is 0 Å². The molecule has 3 rings (SSSR count). The molecule has 1 atom stereocenters. The lowest BCUT2D eigenvalue weighted by Gasteiger charge is -2.13. The summed E-state index contributed by atoms with van der Waals surface area (Å²) in [5, 5.41) is 12.0. The average Bonchev–Trinajstić information content (AvgIpc) is 3.14. The third-order valence-electron chi connectivity index (χ3n) is 4.59. The summed E-state index contributed by atoms with van der Waals surface area (Å²) in [6, 6.07) is 13.7. The maximum absolute atomic E-state index is 12.6. The first-order valence-electron chi connectivity index (χ1n) is 10.1. The number of thioether (sulfide) groups is 1. The number of para-hydroxylation sites is 2. The summed E-state index contributed by atoms with van der Waals surface area (Å²) in [5.41, 5.74) is 1.28. The van der Waals surface area contributed by atoms with Crippen LogP contribution in [0.1, 0.15) is 30.6 Å². The van der Waals surface area contributed by atoms with E-state index in [9.17, 15) is 14.4 Å². The van der Waals surface area contributed by atoms with Gasteiger partial charge in [0, 0.05) is 17.8 Å². The number of H-pyrrole nitrogens is 1. The van der Waals surface area contributed by atoms with Crippen molar-refractivity contribution in [1.29, 1.82) is 0 Å². The van der Waals surface area contributed by atoms with E-state index in [1.807, 2.05) is 13.0 Å². The maximum Gasteiger partial charge on any atom is 0.343 e. The highest BCUT2D eigenvalue weighted by atomic mass is 32.2. The van der Waals surface area contributed by atoms with Gasteiger partial charge in [0.15, 0.2) is 5.16 Å². The summed E-state index contributed by atoms with van der Waals surface area (Å²) in [6.45, 7) is 4.24. The van der Waals surface area contributed by atoms with Crippen molar-refractivity contribution in [1.82, 2.24) is 14.8 Å². The Balaban J connectivity index is 1.60. The quantitative estimate of drug-likeness (QED) is 0.426. The number of amides is 2. The molecule has 0 aliphatic rings. The molecule has 0 saturated carbocycles. The Morgan fingerprint density at radius 1 is 1.16 bits per heavy atom. The van der Waals surface area contributed by atoms with Crippen LogP contribution in [0, 0.1) is 0 Å². The monoisotopic (exact) mass is 455 g/mol. The Morgan fingerprint density at radius 2 is 1.88 bits per heavy atom. The molecule has 2 aromatic carbocycles. The smallest absolute Gasteiger partial charge is 0.343 e. The fourth-order valence-electron chi connectivity index (χ4n) is 2.92. The van der Waals surface area contributed by atoms with Gasteiger partial charge in [0.1, 0.15) is 5.75 Å². The largest absolute Gasteiger partial charge is 0.495 e. The number of anilines is 2. The summed E-state index contributed by atoms with van der Waals surface area (Å²) in [6.07, 6.45) is 0.782. The Kier molecular flexibility index (Phi) is 7.72. The van der Waals surface area contributed by atoms with Gasteiger partial charge >= 0.3 is 5.69 Å². The van der Waals surface area contributed by atoms with Crippen LogP contribution in [-0.2, 0) is 11.3 Å². The van der Waals surface area contributed by atoms with E-state index in [2.05, 4.69) is 20.8 Å². The van der Waals surface area contributed by atoms with Crippen molar-refractivity contribution in [3.63, 3.8) is 0 Å². The molecule has 0 spiro atoms. The minimum absolute atomic E-state index is 0.236. The van der Waals surface area contributed by atoms with E-state index in [1.165, 1.54) is 23.4 Å². The average molecular weight is 456 g/mol. The van der Waals surface area contributed by atoms with Gasteiger partial charge in [0.05, 0.1) is 18.0 Å². The first kappa shape index (κ1) is 23.1. The van der Waals surface area contributed by atoms with Crippen LogP contribution in [0.5, 0.6) is 5.75 Å². The number of hydrogen-bond donors (Lipinski definition) is 3. The number of methoxy groups -OCH3 is 1. The molecule has 168 valence electrons. The van der Waals surface area contributed by atoms with Crippen LogP contribution in [0.4, 0.5) is 11.4 Å². The molecule has 0 aliphatic carbocycles. The molecule has 32 heavy (non-hydrogen) atoms. The fourth-order valence-corrected chi connectivity index (χ4v) is 3.80.